The fourth-order valence-electron chi connectivity index (χ4n) is 2.15. The maximum atomic E-state index is 12.7. The molecule has 122 valence electrons. The van der Waals surface area contributed by atoms with E-state index in [0.717, 1.165) is 0 Å². The van der Waals surface area contributed by atoms with E-state index in [9.17, 15) is 9.36 Å². The van der Waals surface area contributed by atoms with Gasteiger partial charge in [-0.25, -0.2) is 4.79 Å². The summed E-state index contributed by atoms with van der Waals surface area (Å²) in [6, 6.07) is 6.94. The second kappa shape index (κ2) is 7.13. The van der Waals surface area contributed by atoms with Gasteiger partial charge in [0.1, 0.15) is 5.75 Å². The molecule has 0 N–H and O–H groups in total. The molecule has 2 rings (SSSR count). The van der Waals surface area contributed by atoms with Crippen molar-refractivity contribution in [3.63, 3.8) is 0 Å². The highest BCUT2D eigenvalue weighted by Crippen LogP contribution is 2.55. The first-order valence-electron chi connectivity index (χ1n) is 7.05. The Balaban J connectivity index is 2.16. The van der Waals surface area contributed by atoms with Gasteiger partial charge in [-0.15, -0.1) is 0 Å². The maximum absolute atomic E-state index is 12.7. The normalized spacial score (nSPS) is 18.4. The highest BCUT2D eigenvalue weighted by atomic mass is 31.2. The zero-order valence-corrected chi connectivity index (χ0v) is 13.7. The Morgan fingerprint density at radius 1 is 1.23 bits per heavy atom. The summed E-state index contributed by atoms with van der Waals surface area (Å²) >= 11 is 0. The Morgan fingerprint density at radius 3 is 2.32 bits per heavy atom. The molecule has 0 radical (unpaired) electrons. The number of amides is 1. The second-order valence-electron chi connectivity index (χ2n) is 4.52. The van der Waals surface area contributed by atoms with Crippen molar-refractivity contribution in [3.05, 3.63) is 24.3 Å². The molecule has 1 saturated heterocycles. The van der Waals surface area contributed by atoms with Crippen LogP contribution in [0.2, 0.25) is 0 Å². The topological polar surface area (TPSA) is 74.3 Å². The minimum Gasteiger partial charge on any atom is -0.497 e. The number of carbonyl (C=O) groups excluding carboxylic acids is 1. The van der Waals surface area contributed by atoms with Gasteiger partial charge in [-0.3, -0.25) is 9.46 Å². The maximum Gasteiger partial charge on any atom is 0.415 e. The first kappa shape index (κ1) is 16.8. The highest BCUT2D eigenvalue weighted by Gasteiger charge is 2.46. The molecule has 0 saturated carbocycles. The van der Waals surface area contributed by atoms with Gasteiger partial charge in [-0.05, 0) is 38.1 Å². The van der Waals surface area contributed by atoms with Crippen molar-refractivity contribution in [3.8, 4) is 5.75 Å². The number of benzene rings is 1. The average Bonchev–Trinajstić information content (AvgIpc) is 2.90. The quantitative estimate of drug-likeness (QED) is 0.715. The van der Waals surface area contributed by atoms with Crippen LogP contribution in [0.25, 0.3) is 0 Å². The number of nitrogens with zero attached hydrogens (tertiary/aromatic N) is 1. The predicted octanol–water partition coefficient (Wildman–Crippen LogP) is 3.24. The summed E-state index contributed by atoms with van der Waals surface area (Å²) in [6.07, 6.45) is -0.574. The van der Waals surface area contributed by atoms with Crippen molar-refractivity contribution < 1.29 is 27.9 Å². The molecule has 1 aromatic rings. The second-order valence-corrected chi connectivity index (χ2v) is 6.69. The Hall–Kier alpha value is -1.56. The number of cyclic esters (lactones) is 1. The average molecular weight is 329 g/mol. The van der Waals surface area contributed by atoms with Crippen LogP contribution in [0.4, 0.5) is 10.5 Å². The summed E-state index contributed by atoms with van der Waals surface area (Å²) in [5, 5.41) is 0. The number of anilines is 1. The van der Waals surface area contributed by atoms with Gasteiger partial charge in [-0.1, -0.05) is 0 Å². The van der Waals surface area contributed by atoms with E-state index in [-0.39, 0.29) is 19.8 Å². The first-order chi connectivity index (χ1) is 10.5. The molecule has 0 aromatic heterocycles. The summed E-state index contributed by atoms with van der Waals surface area (Å²) in [6.45, 7) is 3.97. The summed E-state index contributed by atoms with van der Waals surface area (Å²) in [7, 11) is -1.92. The number of methoxy groups -OCH3 is 1. The molecule has 0 aliphatic carbocycles. The summed E-state index contributed by atoms with van der Waals surface area (Å²) < 4.78 is 33.4. The number of carbonyl (C=O) groups is 1. The predicted molar refractivity (Wildman–Crippen MR) is 81.5 cm³/mol. The van der Waals surface area contributed by atoms with Crippen LogP contribution in [0.15, 0.2) is 24.3 Å². The lowest BCUT2D eigenvalue weighted by atomic mass is 10.3. The molecule has 0 spiro atoms. The van der Waals surface area contributed by atoms with Crippen molar-refractivity contribution >= 4 is 19.4 Å². The Kier molecular flexibility index (Phi) is 5.45. The number of hydrogen-bond donors (Lipinski definition) is 0. The molecule has 1 amide bonds. The van der Waals surface area contributed by atoms with Gasteiger partial charge in [0.15, 0.2) is 0 Å². The van der Waals surface area contributed by atoms with Crippen LogP contribution >= 0.6 is 7.60 Å². The van der Waals surface area contributed by atoms with Crippen molar-refractivity contribution in [1.29, 1.82) is 0 Å². The summed E-state index contributed by atoms with van der Waals surface area (Å²) in [5.74, 6) is -0.246. The van der Waals surface area contributed by atoms with Crippen molar-refractivity contribution in [2.75, 3.05) is 31.8 Å². The third-order valence-corrected chi connectivity index (χ3v) is 5.36. The van der Waals surface area contributed by atoms with Gasteiger partial charge in [0.2, 0.25) is 5.85 Å². The number of rotatable bonds is 7. The van der Waals surface area contributed by atoms with Crippen LogP contribution in [0.1, 0.15) is 13.8 Å². The van der Waals surface area contributed by atoms with E-state index in [1.165, 1.54) is 4.90 Å². The van der Waals surface area contributed by atoms with Crippen molar-refractivity contribution in [2.45, 2.75) is 19.7 Å². The molecule has 1 aliphatic rings. The smallest absolute Gasteiger partial charge is 0.415 e. The lowest BCUT2D eigenvalue weighted by molar-refractivity contribution is 0.135. The third kappa shape index (κ3) is 3.43. The van der Waals surface area contributed by atoms with Gasteiger partial charge >= 0.3 is 13.7 Å². The highest BCUT2D eigenvalue weighted by molar-refractivity contribution is 7.54. The molecule has 22 heavy (non-hydrogen) atoms. The zero-order chi connectivity index (χ0) is 16.2. The van der Waals surface area contributed by atoms with E-state index in [0.29, 0.717) is 11.4 Å². The van der Waals surface area contributed by atoms with Crippen LogP contribution in [-0.4, -0.2) is 38.8 Å². The van der Waals surface area contributed by atoms with Crippen LogP contribution in [0.3, 0.4) is 0 Å². The minimum atomic E-state index is -3.49. The van der Waals surface area contributed by atoms with Gasteiger partial charge in [-0.2, -0.15) is 0 Å². The largest absolute Gasteiger partial charge is 0.497 e. The Bertz CT molecular complexity index is 551. The molecule has 1 atom stereocenters. The van der Waals surface area contributed by atoms with Crippen LogP contribution < -0.4 is 9.64 Å². The zero-order valence-electron chi connectivity index (χ0n) is 12.9. The van der Waals surface area contributed by atoms with Gasteiger partial charge < -0.3 is 18.5 Å². The van der Waals surface area contributed by atoms with E-state index >= 15 is 0 Å². The third-order valence-electron chi connectivity index (χ3n) is 3.15. The number of ether oxygens (including phenoxy) is 2. The summed E-state index contributed by atoms with van der Waals surface area (Å²) in [5.41, 5.74) is 0.632. The molecule has 1 heterocycles. The van der Waals surface area contributed by atoms with Crippen molar-refractivity contribution in [2.24, 2.45) is 0 Å². The van der Waals surface area contributed by atoms with Gasteiger partial charge in [0.05, 0.1) is 26.9 Å². The molecule has 1 unspecified atom stereocenters. The Labute approximate surface area is 129 Å². The van der Waals surface area contributed by atoms with E-state index in [1.807, 2.05) is 0 Å². The molecule has 0 bridgehead atoms. The Morgan fingerprint density at radius 2 is 1.82 bits per heavy atom. The molecule has 7 nitrogen and oxygen atoms in total. The standard InChI is InChI=1S/C14H20NO6P/c1-4-19-22(17,20-5-2)13-10-15(14(16)21-13)11-6-8-12(18-3)9-7-11/h6-9,13H,4-5,10H2,1-3H3. The van der Waals surface area contributed by atoms with Crippen LogP contribution in [0.5, 0.6) is 5.75 Å². The SMILES string of the molecule is CCOP(=O)(OCC)C1CN(c2ccc(OC)cc2)C(=O)O1. The monoisotopic (exact) mass is 329 g/mol. The molecular formula is C14H20NO6P. The van der Waals surface area contributed by atoms with Crippen molar-refractivity contribution in [1.82, 2.24) is 0 Å². The molecule has 8 heteroatoms. The van der Waals surface area contributed by atoms with Gasteiger partial charge in [0, 0.05) is 5.69 Å². The lowest BCUT2D eigenvalue weighted by Gasteiger charge is -2.21. The van der Waals surface area contributed by atoms with E-state index < -0.39 is 19.5 Å². The van der Waals surface area contributed by atoms with Crippen LogP contribution in [-0.2, 0) is 18.3 Å². The summed E-state index contributed by atoms with van der Waals surface area (Å²) in [4.78, 5) is 13.4. The van der Waals surface area contributed by atoms with E-state index in [1.54, 1.807) is 45.2 Å². The molecular weight excluding hydrogens is 309 g/mol. The number of hydrogen-bond acceptors (Lipinski definition) is 6. The van der Waals surface area contributed by atoms with Crippen LogP contribution in [0, 0.1) is 0 Å². The fraction of sp³-hybridized carbons (Fsp3) is 0.500. The molecule has 1 aromatic carbocycles. The van der Waals surface area contributed by atoms with E-state index in [4.69, 9.17) is 18.5 Å². The minimum absolute atomic E-state index is 0.114. The lowest BCUT2D eigenvalue weighted by Crippen LogP contribution is -2.24. The fourth-order valence-corrected chi connectivity index (χ4v) is 3.86. The van der Waals surface area contributed by atoms with Gasteiger partial charge in [0.25, 0.3) is 0 Å². The molecule has 1 aliphatic heterocycles. The molecule has 1 fully saturated rings. The van der Waals surface area contributed by atoms with E-state index in [2.05, 4.69) is 0 Å². The first-order valence-corrected chi connectivity index (χ1v) is 8.66.